The fraction of sp³-hybridized carbons (Fsp3) is 0.571. The Balaban J connectivity index is 4.14. The summed E-state index contributed by atoms with van der Waals surface area (Å²) in [4.78, 5) is 3.86. The Hall–Kier alpha value is -0.790. The molecule has 2 nitrogen and oxygen atoms in total. The zero-order valence-corrected chi connectivity index (χ0v) is 6.31. The van der Waals surface area contributed by atoms with Crippen molar-refractivity contribution in [2.24, 2.45) is 10.7 Å². The minimum atomic E-state index is 0.653. The van der Waals surface area contributed by atoms with Crippen molar-refractivity contribution in [1.82, 2.24) is 0 Å². The lowest BCUT2D eigenvalue weighted by molar-refractivity contribution is 1.15. The molecule has 0 saturated heterocycles. The molecule has 0 fully saturated rings. The highest BCUT2D eigenvalue weighted by Gasteiger charge is 1.94. The van der Waals surface area contributed by atoms with E-state index in [1.807, 2.05) is 13.0 Å². The van der Waals surface area contributed by atoms with Crippen molar-refractivity contribution >= 4 is 5.84 Å². The largest absolute Gasteiger partial charge is 0.384 e. The fourth-order valence-corrected chi connectivity index (χ4v) is 0.677. The topological polar surface area (TPSA) is 38.4 Å². The molecule has 0 heterocycles. The van der Waals surface area contributed by atoms with Crippen LogP contribution in [-0.4, -0.2) is 12.9 Å². The summed E-state index contributed by atoms with van der Waals surface area (Å²) >= 11 is 0. The first kappa shape index (κ1) is 8.21. The van der Waals surface area contributed by atoms with Gasteiger partial charge < -0.3 is 5.73 Å². The zero-order chi connectivity index (χ0) is 7.28. The van der Waals surface area contributed by atoms with Gasteiger partial charge in [-0.05, 0) is 18.9 Å². The number of allylic oxidation sites excluding steroid dienone is 1. The molecule has 0 rings (SSSR count). The van der Waals surface area contributed by atoms with Crippen LogP contribution >= 0.6 is 0 Å². The maximum absolute atomic E-state index is 5.52. The molecule has 0 spiro atoms. The SMILES string of the molecule is C/C=C(CC)\C(N)=N/C. The van der Waals surface area contributed by atoms with Gasteiger partial charge in [0.25, 0.3) is 0 Å². The van der Waals surface area contributed by atoms with Crippen molar-refractivity contribution in [2.75, 3.05) is 7.05 Å². The molecule has 0 aromatic heterocycles. The van der Waals surface area contributed by atoms with E-state index >= 15 is 0 Å². The van der Waals surface area contributed by atoms with Gasteiger partial charge in [0.05, 0.1) is 0 Å². The second kappa shape index (κ2) is 4.13. The van der Waals surface area contributed by atoms with Crippen molar-refractivity contribution in [3.63, 3.8) is 0 Å². The molecular formula is C7H14N2. The Morgan fingerprint density at radius 1 is 1.67 bits per heavy atom. The fourth-order valence-electron chi connectivity index (χ4n) is 0.677. The number of amidine groups is 1. The molecular weight excluding hydrogens is 112 g/mol. The van der Waals surface area contributed by atoms with Crippen molar-refractivity contribution < 1.29 is 0 Å². The summed E-state index contributed by atoms with van der Waals surface area (Å²) in [6.07, 6.45) is 2.95. The molecule has 52 valence electrons. The normalized spacial score (nSPS) is 14.1. The zero-order valence-electron chi connectivity index (χ0n) is 6.31. The van der Waals surface area contributed by atoms with Crippen LogP contribution in [0.5, 0.6) is 0 Å². The van der Waals surface area contributed by atoms with E-state index in [-0.39, 0.29) is 0 Å². The first-order chi connectivity index (χ1) is 4.26. The summed E-state index contributed by atoms with van der Waals surface area (Å²) in [6.45, 7) is 4.03. The van der Waals surface area contributed by atoms with E-state index in [4.69, 9.17) is 5.73 Å². The van der Waals surface area contributed by atoms with E-state index in [9.17, 15) is 0 Å². The Bertz CT molecular complexity index is 134. The monoisotopic (exact) mass is 126 g/mol. The molecule has 0 saturated carbocycles. The summed E-state index contributed by atoms with van der Waals surface area (Å²) in [5, 5.41) is 0. The molecule has 0 aliphatic carbocycles. The lowest BCUT2D eigenvalue weighted by Gasteiger charge is -1.99. The molecule has 0 radical (unpaired) electrons. The molecule has 2 N–H and O–H groups in total. The third-order valence-corrected chi connectivity index (χ3v) is 1.30. The molecule has 0 atom stereocenters. The molecule has 0 aliphatic heterocycles. The first-order valence-electron chi connectivity index (χ1n) is 3.14. The van der Waals surface area contributed by atoms with Gasteiger partial charge in [0, 0.05) is 7.05 Å². The van der Waals surface area contributed by atoms with Gasteiger partial charge in [-0.2, -0.15) is 0 Å². The smallest absolute Gasteiger partial charge is 0.120 e. The van der Waals surface area contributed by atoms with Crippen LogP contribution in [0.2, 0.25) is 0 Å². The average Bonchev–Trinajstić information content (AvgIpc) is 1.90. The highest BCUT2D eigenvalue weighted by Crippen LogP contribution is 1.98. The van der Waals surface area contributed by atoms with Gasteiger partial charge in [-0.3, -0.25) is 4.99 Å². The van der Waals surface area contributed by atoms with E-state index in [1.54, 1.807) is 7.05 Å². The van der Waals surface area contributed by atoms with Crippen molar-refractivity contribution in [3.05, 3.63) is 11.6 Å². The van der Waals surface area contributed by atoms with Crippen LogP contribution in [0, 0.1) is 0 Å². The summed E-state index contributed by atoms with van der Waals surface area (Å²) in [5.41, 5.74) is 6.64. The second-order valence-corrected chi connectivity index (χ2v) is 1.78. The standard InChI is InChI=1S/C7H14N2/c1-4-6(5-2)7(8)9-3/h4H,5H2,1-3H3,(H2,8,9)/b6-4-. The van der Waals surface area contributed by atoms with Crippen molar-refractivity contribution in [2.45, 2.75) is 20.3 Å². The van der Waals surface area contributed by atoms with E-state index < -0.39 is 0 Å². The maximum atomic E-state index is 5.52. The lowest BCUT2D eigenvalue weighted by Crippen LogP contribution is -2.13. The highest BCUT2D eigenvalue weighted by atomic mass is 14.8. The van der Waals surface area contributed by atoms with Crippen LogP contribution in [0.4, 0.5) is 0 Å². The maximum Gasteiger partial charge on any atom is 0.120 e. The van der Waals surface area contributed by atoms with Crippen LogP contribution in [0.25, 0.3) is 0 Å². The Morgan fingerprint density at radius 2 is 2.22 bits per heavy atom. The van der Waals surface area contributed by atoms with Crippen LogP contribution in [-0.2, 0) is 0 Å². The van der Waals surface area contributed by atoms with E-state index in [2.05, 4.69) is 11.9 Å². The van der Waals surface area contributed by atoms with Gasteiger partial charge >= 0.3 is 0 Å². The lowest BCUT2D eigenvalue weighted by atomic mass is 10.2. The second-order valence-electron chi connectivity index (χ2n) is 1.78. The summed E-state index contributed by atoms with van der Waals surface area (Å²) in [6, 6.07) is 0. The third kappa shape index (κ3) is 2.31. The number of hydrogen-bond donors (Lipinski definition) is 1. The van der Waals surface area contributed by atoms with E-state index in [0.29, 0.717) is 5.84 Å². The summed E-state index contributed by atoms with van der Waals surface area (Å²) < 4.78 is 0. The Labute approximate surface area is 56.5 Å². The molecule has 0 bridgehead atoms. The number of rotatable bonds is 2. The minimum Gasteiger partial charge on any atom is -0.384 e. The quantitative estimate of drug-likeness (QED) is 0.440. The van der Waals surface area contributed by atoms with Crippen LogP contribution in [0.3, 0.4) is 0 Å². The van der Waals surface area contributed by atoms with Crippen LogP contribution in [0.1, 0.15) is 20.3 Å². The van der Waals surface area contributed by atoms with Crippen molar-refractivity contribution in [1.29, 1.82) is 0 Å². The summed E-state index contributed by atoms with van der Waals surface area (Å²) in [5.74, 6) is 0.653. The predicted octanol–water partition coefficient (Wildman–Crippen LogP) is 1.33. The Kier molecular flexibility index (Phi) is 3.76. The molecule has 9 heavy (non-hydrogen) atoms. The van der Waals surface area contributed by atoms with Crippen LogP contribution in [0.15, 0.2) is 16.6 Å². The first-order valence-corrected chi connectivity index (χ1v) is 3.14. The molecule has 0 aliphatic rings. The molecule has 0 aromatic rings. The van der Waals surface area contributed by atoms with Gasteiger partial charge in [0.15, 0.2) is 0 Å². The molecule has 0 unspecified atom stereocenters. The highest BCUT2D eigenvalue weighted by molar-refractivity contribution is 5.96. The number of nitrogens with zero attached hydrogens (tertiary/aromatic N) is 1. The van der Waals surface area contributed by atoms with Crippen molar-refractivity contribution in [3.8, 4) is 0 Å². The third-order valence-electron chi connectivity index (χ3n) is 1.30. The molecule has 0 aromatic carbocycles. The number of nitrogens with two attached hydrogens (primary N) is 1. The van der Waals surface area contributed by atoms with E-state index in [1.165, 1.54) is 0 Å². The predicted molar refractivity (Wildman–Crippen MR) is 41.6 cm³/mol. The van der Waals surface area contributed by atoms with Gasteiger partial charge in [0.1, 0.15) is 5.84 Å². The molecule has 2 heteroatoms. The van der Waals surface area contributed by atoms with Gasteiger partial charge in [0.2, 0.25) is 0 Å². The Morgan fingerprint density at radius 3 is 2.33 bits per heavy atom. The van der Waals surface area contributed by atoms with Crippen LogP contribution < -0.4 is 5.73 Å². The van der Waals surface area contributed by atoms with Gasteiger partial charge in [-0.15, -0.1) is 0 Å². The molecule has 0 amide bonds. The summed E-state index contributed by atoms with van der Waals surface area (Å²) in [7, 11) is 1.70. The number of aliphatic imine (C=N–C) groups is 1. The van der Waals surface area contributed by atoms with E-state index in [0.717, 1.165) is 12.0 Å². The van der Waals surface area contributed by atoms with Gasteiger partial charge in [-0.1, -0.05) is 13.0 Å². The number of hydrogen-bond acceptors (Lipinski definition) is 1. The minimum absolute atomic E-state index is 0.653. The van der Waals surface area contributed by atoms with Gasteiger partial charge in [-0.25, -0.2) is 0 Å². The average molecular weight is 126 g/mol.